The Morgan fingerprint density at radius 1 is 1.22 bits per heavy atom. The molecule has 1 aromatic rings. The number of likely N-dealkylation sites (N-methyl/N-ethyl adjacent to an activating group) is 1. The average Bonchev–Trinajstić information content (AvgIpc) is 3.55. The van der Waals surface area contributed by atoms with Crippen LogP contribution in [0.5, 0.6) is 0 Å². The Labute approximate surface area is 210 Å². The second-order valence-electron chi connectivity index (χ2n) is 10.3. The number of fused-ring (bicyclic) bond motifs is 1. The summed E-state index contributed by atoms with van der Waals surface area (Å²) in [6.45, 7) is 1.64. The van der Waals surface area contributed by atoms with Gasteiger partial charge in [-0.15, -0.1) is 0 Å². The fourth-order valence-corrected chi connectivity index (χ4v) is 5.88. The third kappa shape index (κ3) is 4.84. The lowest BCUT2D eigenvalue weighted by molar-refractivity contribution is -0.137. The van der Waals surface area contributed by atoms with Gasteiger partial charge < -0.3 is 15.5 Å². The van der Waals surface area contributed by atoms with Crippen molar-refractivity contribution in [3.05, 3.63) is 41.2 Å². The summed E-state index contributed by atoms with van der Waals surface area (Å²) in [7, 11) is 0.606. The summed E-state index contributed by atoms with van der Waals surface area (Å²) in [6, 6.07) is 4.81. The van der Waals surface area contributed by atoms with Crippen molar-refractivity contribution in [1.82, 2.24) is 20.7 Å². The van der Waals surface area contributed by atoms with Crippen molar-refractivity contribution in [3.8, 4) is 0 Å². The van der Waals surface area contributed by atoms with Crippen molar-refractivity contribution in [3.63, 3.8) is 0 Å². The maximum absolute atomic E-state index is 13.4. The van der Waals surface area contributed by atoms with Crippen LogP contribution in [0.2, 0.25) is 0 Å². The summed E-state index contributed by atoms with van der Waals surface area (Å²) in [6.07, 6.45) is 1.03. The number of carbonyl (C=O) groups excluding carboxylic acids is 2. The number of nitrogens with one attached hydrogen (secondary N) is 2. The van der Waals surface area contributed by atoms with Crippen LogP contribution in [0, 0.1) is 5.92 Å². The maximum Gasteiger partial charge on any atom is 0.416 e. The van der Waals surface area contributed by atoms with Crippen LogP contribution in [-0.2, 0) is 26.6 Å². The number of halogens is 3. The van der Waals surface area contributed by atoms with E-state index in [-0.39, 0.29) is 17.7 Å². The van der Waals surface area contributed by atoms with E-state index in [0.29, 0.717) is 49.1 Å². The number of amides is 2. The molecule has 8 nitrogen and oxygen atoms in total. The molecule has 2 unspecified atom stereocenters. The van der Waals surface area contributed by atoms with Gasteiger partial charge in [0.15, 0.2) is 0 Å². The molecular formula is C24H30F3N5O3S. The number of hydrazine groups is 1. The number of benzene rings is 1. The number of anilines is 1. The Kier molecular flexibility index (Phi) is 6.30. The molecule has 3 fully saturated rings. The van der Waals surface area contributed by atoms with Crippen LogP contribution < -0.4 is 15.5 Å². The smallest absolute Gasteiger partial charge is 0.367 e. The molecule has 2 amide bonds. The Balaban J connectivity index is 1.32. The second-order valence-corrected chi connectivity index (χ2v) is 11.7. The maximum atomic E-state index is 13.4. The van der Waals surface area contributed by atoms with Gasteiger partial charge in [0.1, 0.15) is 11.6 Å². The van der Waals surface area contributed by atoms with Crippen LogP contribution in [0.4, 0.5) is 18.9 Å². The van der Waals surface area contributed by atoms with Gasteiger partial charge in [0.25, 0.3) is 5.91 Å². The van der Waals surface area contributed by atoms with Crippen molar-refractivity contribution < 1.29 is 27.0 Å². The van der Waals surface area contributed by atoms with Crippen molar-refractivity contribution in [2.24, 2.45) is 5.92 Å². The van der Waals surface area contributed by atoms with Crippen molar-refractivity contribution >= 4 is 28.3 Å². The first-order valence-electron chi connectivity index (χ1n) is 12.0. The molecule has 12 heteroatoms. The molecular weight excluding hydrogens is 495 g/mol. The molecule has 3 aliphatic heterocycles. The van der Waals surface area contributed by atoms with Crippen LogP contribution >= 0.6 is 0 Å². The van der Waals surface area contributed by atoms with Gasteiger partial charge in [-0.2, -0.15) is 13.2 Å². The van der Waals surface area contributed by atoms with Crippen LogP contribution in [0.3, 0.4) is 0 Å². The van der Waals surface area contributed by atoms with E-state index in [1.807, 2.05) is 22.0 Å². The lowest BCUT2D eigenvalue weighted by atomic mass is 9.77. The third-order valence-corrected chi connectivity index (χ3v) is 8.14. The van der Waals surface area contributed by atoms with Gasteiger partial charge in [0, 0.05) is 49.4 Å². The van der Waals surface area contributed by atoms with Gasteiger partial charge in [0.05, 0.1) is 22.7 Å². The molecule has 36 heavy (non-hydrogen) atoms. The van der Waals surface area contributed by atoms with Crippen molar-refractivity contribution in [2.75, 3.05) is 43.6 Å². The Morgan fingerprint density at radius 2 is 1.89 bits per heavy atom. The lowest BCUT2D eigenvalue weighted by Crippen LogP contribution is -2.74. The minimum absolute atomic E-state index is 0.144. The van der Waals surface area contributed by atoms with E-state index in [1.54, 1.807) is 0 Å². The number of carbonyl (C=O) groups is 2. The molecule has 1 saturated carbocycles. The standard InChI is InChI=1S/C24H30F3N5O3S/c1-30-18-11-23(13-31(14-23)17-7-5-16(6-8-17)24(25,26)27)29-22(34)20(18)21(28-19(33)12-36(2)35)32(30)10-9-15-3-4-15/h5-8,15,18H,3-4,9-14H2,1-2H3,(H,28,33)(H,29,34). The molecule has 0 bridgehead atoms. The molecule has 0 radical (unpaired) electrons. The highest BCUT2D eigenvalue weighted by Gasteiger charge is 2.55. The molecule has 4 aliphatic rings. The topological polar surface area (TPSA) is 85.0 Å². The molecule has 1 spiro atoms. The van der Waals surface area contributed by atoms with Gasteiger partial charge in [-0.3, -0.25) is 18.8 Å². The van der Waals surface area contributed by atoms with E-state index in [2.05, 4.69) is 10.6 Å². The summed E-state index contributed by atoms with van der Waals surface area (Å²) in [5.74, 6) is 0.330. The SMILES string of the molecule is CN1C2CC3(CN(c4ccc(C(F)(F)F)cc4)C3)NC(=O)C2=C(NC(=O)CS(C)=O)N1CCC1CC1. The number of hydrogen-bond donors (Lipinski definition) is 2. The summed E-state index contributed by atoms with van der Waals surface area (Å²) < 4.78 is 50.3. The first kappa shape index (κ1) is 25.1. The van der Waals surface area contributed by atoms with E-state index in [1.165, 1.54) is 31.2 Å². The molecule has 1 aliphatic carbocycles. The largest absolute Gasteiger partial charge is 0.416 e. The minimum Gasteiger partial charge on any atom is -0.367 e. The monoisotopic (exact) mass is 525 g/mol. The predicted molar refractivity (Wildman–Crippen MR) is 129 cm³/mol. The molecule has 1 aromatic carbocycles. The number of rotatable bonds is 7. The predicted octanol–water partition coefficient (Wildman–Crippen LogP) is 1.82. The number of hydrogen-bond acceptors (Lipinski definition) is 6. The van der Waals surface area contributed by atoms with Gasteiger partial charge in [-0.25, -0.2) is 5.01 Å². The zero-order valence-electron chi connectivity index (χ0n) is 20.2. The molecule has 5 rings (SSSR count). The summed E-state index contributed by atoms with van der Waals surface area (Å²) in [5.41, 5.74) is -0.0188. The Morgan fingerprint density at radius 3 is 2.47 bits per heavy atom. The fourth-order valence-electron chi connectivity index (χ4n) is 5.43. The van der Waals surface area contributed by atoms with E-state index in [0.717, 1.165) is 18.6 Å². The Bertz CT molecular complexity index is 1110. The van der Waals surface area contributed by atoms with E-state index >= 15 is 0 Å². The van der Waals surface area contributed by atoms with Crippen molar-refractivity contribution in [2.45, 2.75) is 43.4 Å². The second kappa shape index (κ2) is 9.05. The van der Waals surface area contributed by atoms with Crippen LogP contribution in [-0.4, -0.2) is 76.3 Å². The molecule has 2 saturated heterocycles. The zero-order valence-corrected chi connectivity index (χ0v) is 21.0. The summed E-state index contributed by atoms with van der Waals surface area (Å²) >= 11 is 0. The molecule has 0 aromatic heterocycles. The van der Waals surface area contributed by atoms with Gasteiger partial charge >= 0.3 is 6.18 Å². The number of alkyl halides is 3. The highest BCUT2D eigenvalue weighted by molar-refractivity contribution is 7.85. The van der Waals surface area contributed by atoms with E-state index in [9.17, 15) is 27.0 Å². The zero-order chi connectivity index (χ0) is 25.8. The number of nitrogens with zero attached hydrogens (tertiary/aromatic N) is 3. The van der Waals surface area contributed by atoms with Crippen molar-refractivity contribution in [1.29, 1.82) is 0 Å². The molecule has 2 N–H and O–H groups in total. The lowest BCUT2D eigenvalue weighted by Gasteiger charge is -2.55. The first-order chi connectivity index (χ1) is 17.0. The molecule has 196 valence electrons. The minimum atomic E-state index is -4.38. The number of piperidine rings is 1. The van der Waals surface area contributed by atoms with Gasteiger partial charge in [0.2, 0.25) is 5.91 Å². The summed E-state index contributed by atoms with van der Waals surface area (Å²) in [4.78, 5) is 27.8. The molecule has 2 atom stereocenters. The van der Waals surface area contributed by atoms with Gasteiger partial charge in [-0.05, 0) is 43.0 Å². The summed E-state index contributed by atoms with van der Waals surface area (Å²) in [5, 5.41) is 9.93. The van der Waals surface area contributed by atoms with Crippen LogP contribution in [0.15, 0.2) is 35.7 Å². The fraction of sp³-hybridized carbons (Fsp3) is 0.583. The third-order valence-electron chi connectivity index (χ3n) is 7.47. The van der Waals surface area contributed by atoms with E-state index < -0.39 is 34.0 Å². The van der Waals surface area contributed by atoms with E-state index in [4.69, 9.17) is 0 Å². The Hall–Kier alpha value is -2.60. The highest BCUT2D eigenvalue weighted by Crippen LogP contribution is 2.42. The van der Waals surface area contributed by atoms with Crippen LogP contribution in [0.1, 0.15) is 31.2 Å². The first-order valence-corrected chi connectivity index (χ1v) is 13.8. The highest BCUT2D eigenvalue weighted by atomic mass is 32.2. The van der Waals surface area contributed by atoms with Crippen LogP contribution in [0.25, 0.3) is 0 Å². The molecule has 3 heterocycles. The quantitative estimate of drug-likeness (QED) is 0.565. The average molecular weight is 526 g/mol. The normalized spacial score (nSPS) is 24.5. The van der Waals surface area contributed by atoms with Gasteiger partial charge in [-0.1, -0.05) is 12.8 Å².